The number of pyridine rings is 1. The largest absolute Gasteiger partial charge is 0.484 e. The average Bonchev–Trinajstić information content (AvgIpc) is 3.11. The molecule has 0 radical (unpaired) electrons. The van der Waals surface area contributed by atoms with Crippen LogP contribution in [0, 0.1) is 6.92 Å². The van der Waals surface area contributed by atoms with Crippen LogP contribution in [0.25, 0.3) is 11.4 Å². The molecular formula is C17H15ClN4O3. The van der Waals surface area contributed by atoms with Crippen molar-refractivity contribution < 1.29 is 14.1 Å². The van der Waals surface area contributed by atoms with Crippen LogP contribution in [-0.4, -0.2) is 27.6 Å². The Morgan fingerprint density at radius 3 is 2.84 bits per heavy atom. The summed E-state index contributed by atoms with van der Waals surface area (Å²) in [7, 11) is 0. The van der Waals surface area contributed by atoms with Crippen LogP contribution in [0.5, 0.6) is 5.75 Å². The van der Waals surface area contributed by atoms with E-state index in [1.807, 2.05) is 6.92 Å². The number of benzene rings is 1. The summed E-state index contributed by atoms with van der Waals surface area (Å²) in [5.74, 6) is 1.04. The maximum absolute atomic E-state index is 11.9. The van der Waals surface area contributed by atoms with E-state index in [9.17, 15) is 4.79 Å². The molecule has 0 bridgehead atoms. The summed E-state index contributed by atoms with van der Waals surface area (Å²) in [6.45, 7) is 1.87. The van der Waals surface area contributed by atoms with E-state index in [0.29, 0.717) is 22.5 Å². The molecule has 2 aromatic heterocycles. The molecule has 2 heterocycles. The van der Waals surface area contributed by atoms with Crippen LogP contribution in [-0.2, 0) is 11.3 Å². The summed E-state index contributed by atoms with van der Waals surface area (Å²) < 4.78 is 10.5. The topological polar surface area (TPSA) is 90.1 Å². The molecule has 25 heavy (non-hydrogen) atoms. The van der Waals surface area contributed by atoms with Crippen molar-refractivity contribution >= 4 is 17.5 Å². The molecular weight excluding hydrogens is 344 g/mol. The molecule has 0 aliphatic rings. The summed E-state index contributed by atoms with van der Waals surface area (Å²) in [4.78, 5) is 20.0. The lowest BCUT2D eigenvalue weighted by Crippen LogP contribution is -2.28. The van der Waals surface area contributed by atoms with Crippen molar-refractivity contribution in [2.75, 3.05) is 6.61 Å². The van der Waals surface area contributed by atoms with Gasteiger partial charge in [0.1, 0.15) is 5.75 Å². The Bertz CT molecular complexity index is 867. The zero-order valence-corrected chi connectivity index (χ0v) is 14.2. The van der Waals surface area contributed by atoms with Crippen molar-refractivity contribution in [2.45, 2.75) is 13.5 Å². The molecule has 128 valence electrons. The molecule has 0 aliphatic carbocycles. The quantitative estimate of drug-likeness (QED) is 0.728. The van der Waals surface area contributed by atoms with Crippen molar-refractivity contribution in [3.8, 4) is 17.1 Å². The summed E-state index contributed by atoms with van der Waals surface area (Å²) >= 11 is 5.95. The molecule has 8 heteroatoms. The number of carbonyl (C=O) groups is 1. The standard InChI is InChI=1S/C17H15ClN4O3/c1-11-8-13(2-3-14(11)18)24-10-15(23)20-9-16-21-17(22-25-16)12-4-6-19-7-5-12/h2-8H,9-10H2,1H3,(H,20,23). The minimum atomic E-state index is -0.295. The molecule has 1 aromatic carbocycles. The number of rotatable bonds is 6. The van der Waals surface area contributed by atoms with Gasteiger partial charge in [-0.2, -0.15) is 4.98 Å². The Morgan fingerprint density at radius 2 is 2.08 bits per heavy atom. The molecule has 3 aromatic rings. The number of ether oxygens (including phenoxy) is 1. The van der Waals surface area contributed by atoms with Gasteiger partial charge in [0.15, 0.2) is 6.61 Å². The third kappa shape index (κ3) is 4.54. The van der Waals surface area contributed by atoms with Crippen LogP contribution in [0.2, 0.25) is 5.02 Å². The van der Waals surface area contributed by atoms with Gasteiger partial charge in [0.25, 0.3) is 5.91 Å². The second-order valence-corrected chi connectivity index (χ2v) is 5.63. The van der Waals surface area contributed by atoms with E-state index in [4.69, 9.17) is 20.9 Å². The third-order valence-electron chi connectivity index (χ3n) is 3.34. The van der Waals surface area contributed by atoms with Crippen LogP contribution in [0.4, 0.5) is 0 Å². The van der Waals surface area contributed by atoms with Crippen molar-refractivity contribution in [1.82, 2.24) is 20.4 Å². The first-order chi connectivity index (χ1) is 12.1. The van der Waals surface area contributed by atoms with E-state index < -0.39 is 0 Å². The van der Waals surface area contributed by atoms with Crippen molar-refractivity contribution in [1.29, 1.82) is 0 Å². The fourth-order valence-electron chi connectivity index (χ4n) is 2.03. The van der Waals surface area contributed by atoms with Crippen LogP contribution in [0.1, 0.15) is 11.5 Å². The second kappa shape index (κ2) is 7.76. The smallest absolute Gasteiger partial charge is 0.258 e. The fourth-order valence-corrected chi connectivity index (χ4v) is 2.14. The van der Waals surface area contributed by atoms with Crippen LogP contribution in [0.3, 0.4) is 0 Å². The average molecular weight is 359 g/mol. The van der Waals surface area contributed by atoms with Crippen molar-refractivity contribution in [3.05, 3.63) is 59.2 Å². The van der Waals surface area contributed by atoms with E-state index in [0.717, 1.165) is 11.1 Å². The van der Waals surface area contributed by atoms with E-state index in [2.05, 4.69) is 20.4 Å². The summed E-state index contributed by atoms with van der Waals surface area (Å²) in [5, 5.41) is 7.18. The van der Waals surface area contributed by atoms with E-state index in [1.54, 1.807) is 42.7 Å². The monoisotopic (exact) mass is 358 g/mol. The van der Waals surface area contributed by atoms with Crippen LogP contribution >= 0.6 is 11.6 Å². The normalized spacial score (nSPS) is 10.5. The Hall–Kier alpha value is -2.93. The predicted molar refractivity (Wildman–Crippen MR) is 91.1 cm³/mol. The lowest BCUT2D eigenvalue weighted by atomic mass is 10.2. The van der Waals surface area contributed by atoms with Crippen LogP contribution < -0.4 is 10.1 Å². The minimum Gasteiger partial charge on any atom is -0.484 e. The molecule has 0 aliphatic heterocycles. The van der Waals surface area contributed by atoms with Crippen LogP contribution in [0.15, 0.2) is 47.2 Å². The first-order valence-electron chi connectivity index (χ1n) is 7.50. The Kier molecular flexibility index (Phi) is 5.25. The highest BCUT2D eigenvalue weighted by atomic mass is 35.5. The Balaban J connectivity index is 1.49. The summed E-state index contributed by atoms with van der Waals surface area (Å²) in [6, 6.07) is 8.75. The molecule has 0 saturated carbocycles. The van der Waals surface area contributed by atoms with Gasteiger partial charge >= 0.3 is 0 Å². The molecule has 0 unspecified atom stereocenters. The first kappa shape index (κ1) is 16.9. The number of aromatic nitrogens is 3. The van der Waals surface area contributed by atoms with Crippen molar-refractivity contribution in [3.63, 3.8) is 0 Å². The zero-order valence-electron chi connectivity index (χ0n) is 13.4. The van der Waals surface area contributed by atoms with Crippen molar-refractivity contribution in [2.24, 2.45) is 0 Å². The van der Waals surface area contributed by atoms with Gasteiger partial charge in [-0.25, -0.2) is 0 Å². The lowest BCUT2D eigenvalue weighted by molar-refractivity contribution is -0.123. The molecule has 1 N–H and O–H groups in total. The molecule has 7 nitrogen and oxygen atoms in total. The van der Waals surface area contributed by atoms with Gasteiger partial charge in [0.2, 0.25) is 11.7 Å². The second-order valence-electron chi connectivity index (χ2n) is 5.22. The van der Waals surface area contributed by atoms with E-state index in [1.165, 1.54) is 0 Å². The fraction of sp³-hybridized carbons (Fsp3) is 0.176. The van der Waals surface area contributed by atoms with Gasteiger partial charge in [0, 0.05) is 23.0 Å². The van der Waals surface area contributed by atoms with Gasteiger partial charge in [-0.3, -0.25) is 9.78 Å². The lowest BCUT2D eigenvalue weighted by Gasteiger charge is -2.07. The molecule has 1 amide bonds. The molecule has 3 rings (SSSR count). The van der Waals surface area contributed by atoms with E-state index >= 15 is 0 Å². The van der Waals surface area contributed by atoms with Gasteiger partial charge in [-0.05, 0) is 42.8 Å². The number of halogens is 1. The highest BCUT2D eigenvalue weighted by molar-refractivity contribution is 6.31. The van der Waals surface area contributed by atoms with E-state index in [-0.39, 0.29) is 19.1 Å². The van der Waals surface area contributed by atoms with Gasteiger partial charge < -0.3 is 14.6 Å². The number of hydrogen-bond acceptors (Lipinski definition) is 6. The highest BCUT2D eigenvalue weighted by Gasteiger charge is 2.10. The number of nitrogens with zero attached hydrogens (tertiary/aromatic N) is 3. The SMILES string of the molecule is Cc1cc(OCC(=O)NCc2nc(-c3ccncc3)no2)ccc1Cl. The van der Waals surface area contributed by atoms with Gasteiger partial charge in [0.05, 0.1) is 6.54 Å². The Labute approximate surface area is 149 Å². The summed E-state index contributed by atoms with van der Waals surface area (Å²) in [6.07, 6.45) is 3.28. The predicted octanol–water partition coefficient (Wildman–Crippen LogP) is 2.79. The molecule has 0 spiro atoms. The summed E-state index contributed by atoms with van der Waals surface area (Å²) in [5.41, 5.74) is 1.67. The van der Waals surface area contributed by atoms with Gasteiger partial charge in [-0.15, -0.1) is 0 Å². The highest BCUT2D eigenvalue weighted by Crippen LogP contribution is 2.20. The minimum absolute atomic E-state index is 0.119. The Morgan fingerprint density at radius 1 is 1.28 bits per heavy atom. The first-order valence-corrected chi connectivity index (χ1v) is 7.88. The molecule has 0 fully saturated rings. The maximum atomic E-state index is 11.9. The molecule has 0 saturated heterocycles. The number of nitrogens with one attached hydrogen (secondary N) is 1. The number of carbonyl (C=O) groups excluding carboxylic acids is 1. The maximum Gasteiger partial charge on any atom is 0.258 e. The molecule has 0 atom stereocenters. The third-order valence-corrected chi connectivity index (χ3v) is 3.77. The number of amides is 1. The number of aryl methyl sites for hydroxylation is 1. The zero-order chi connectivity index (χ0) is 17.6. The van der Waals surface area contributed by atoms with Gasteiger partial charge in [-0.1, -0.05) is 16.8 Å². The number of hydrogen-bond donors (Lipinski definition) is 1.